The second kappa shape index (κ2) is 5.44. The molecule has 3 aromatic rings. The van der Waals surface area contributed by atoms with Crippen molar-refractivity contribution in [3.05, 3.63) is 63.8 Å². The SMILES string of the molecule is Cn1cc(Cc2cccc(F)c2)c(-c2cc(=O)[nH]c(N)n2)n1. The quantitative estimate of drug-likeness (QED) is 0.766. The molecule has 3 N–H and O–H groups in total. The number of aromatic nitrogens is 4. The lowest BCUT2D eigenvalue weighted by Gasteiger charge is -2.03. The molecule has 0 spiro atoms. The zero-order valence-electron chi connectivity index (χ0n) is 11.9. The van der Waals surface area contributed by atoms with E-state index in [-0.39, 0.29) is 17.3 Å². The number of aryl methyl sites for hydroxylation is 1. The highest BCUT2D eigenvalue weighted by Crippen LogP contribution is 2.22. The minimum Gasteiger partial charge on any atom is -0.369 e. The summed E-state index contributed by atoms with van der Waals surface area (Å²) in [6, 6.07) is 7.69. The Morgan fingerprint density at radius 1 is 1.36 bits per heavy atom. The molecule has 0 bridgehead atoms. The number of benzene rings is 1. The molecule has 22 heavy (non-hydrogen) atoms. The number of anilines is 1. The molecule has 0 unspecified atom stereocenters. The van der Waals surface area contributed by atoms with Gasteiger partial charge in [-0.25, -0.2) is 9.37 Å². The Kier molecular flexibility index (Phi) is 3.46. The number of rotatable bonds is 3. The molecule has 6 nitrogen and oxygen atoms in total. The largest absolute Gasteiger partial charge is 0.369 e. The summed E-state index contributed by atoms with van der Waals surface area (Å²) >= 11 is 0. The molecule has 3 rings (SSSR count). The van der Waals surface area contributed by atoms with E-state index < -0.39 is 0 Å². The van der Waals surface area contributed by atoms with Crippen LogP contribution in [0.4, 0.5) is 10.3 Å². The van der Waals surface area contributed by atoms with Gasteiger partial charge in [-0.15, -0.1) is 0 Å². The average Bonchev–Trinajstić information content (AvgIpc) is 2.78. The van der Waals surface area contributed by atoms with Gasteiger partial charge in [-0.1, -0.05) is 12.1 Å². The third-order valence-corrected chi connectivity index (χ3v) is 3.19. The van der Waals surface area contributed by atoms with Crippen LogP contribution in [-0.4, -0.2) is 19.7 Å². The van der Waals surface area contributed by atoms with Crippen molar-refractivity contribution in [3.63, 3.8) is 0 Å². The van der Waals surface area contributed by atoms with Gasteiger partial charge in [-0.05, 0) is 17.7 Å². The third kappa shape index (κ3) is 2.88. The summed E-state index contributed by atoms with van der Waals surface area (Å²) in [5, 5.41) is 4.33. The van der Waals surface area contributed by atoms with Crippen LogP contribution in [0.3, 0.4) is 0 Å². The molecule has 0 radical (unpaired) electrons. The van der Waals surface area contributed by atoms with Crippen molar-refractivity contribution < 1.29 is 4.39 Å². The Labute approximate surface area is 125 Å². The van der Waals surface area contributed by atoms with Crippen LogP contribution in [0.1, 0.15) is 11.1 Å². The first kappa shape index (κ1) is 14.0. The Morgan fingerprint density at radius 2 is 2.18 bits per heavy atom. The van der Waals surface area contributed by atoms with Crippen LogP contribution in [-0.2, 0) is 13.5 Å². The highest BCUT2D eigenvalue weighted by molar-refractivity contribution is 5.59. The Bertz CT molecular complexity index is 884. The second-order valence-corrected chi connectivity index (χ2v) is 5.00. The summed E-state index contributed by atoms with van der Waals surface area (Å²) in [5.74, 6) is -0.258. The number of hydrogen-bond acceptors (Lipinski definition) is 4. The molecule has 112 valence electrons. The highest BCUT2D eigenvalue weighted by atomic mass is 19.1. The Balaban J connectivity index is 2.04. The number of aromatic amines is 1. The summed E-state index contributed by atoms with van der Waals surface area (Å²) in [6.07, 6.45) is 2.30. The second-order valence-electron chi connectivity index (χ2n) is 5.00. The van der Waals surface area contributed by atoms with E-state index in [0.717, 1.165) is 11.1 Å². The van der Waals surface area contributed by atoms with Crippen LogP contribution in [0, 0.1) is 5.82 Å². The summed E-state index contributed by atoms with van der Waals surface area (Å²) in [7, 11) is 1.77. The fourth-order valence-corrected chi connectivity index (χ4v) is 2.35. The van der Waals surface area contributed by atoms with E-state index in [0.29, 0.717) is 17.8 Å². The molecular formula is C15H14FN5O. The molecule has 1 aromatic carbocycles. The first-order chi connectivity index (χ1) is 10.5. The van der Waals surface area contributed by atoms with Crippen LogP contribution in [0.2, 0.25) is 0 Å². The number of halogens is 1. The van der Waals surface area contributed by atoms with Crippen LogP contribution >= 0.6 is 0 Å². The van der Waals surface area contributed by atoms with E-state index in [9.17, 15) is 9.18 Å². The van der Waals surface area contributed by atoms with Crippen LogP contribution in [0.25, 0.3) is 11.4 Å². The van der Waals surface area contributed by atoms with Crippen molar-refractivity contribution in [2.75, 3.05) is 5.73 Å². The number of nitrogens with two attached hydrogens (primary N) is 1. The van der Waals surface area contributed by atoms with Crippen molar-refractivity contribution in [1.29, 1.82) is 0 Å². The molecule has 0 saturated heterocycles. The first-order valence-electron chi connectivity index (χ1n) is 6.65. The molecule has 2 aromatic heterocycles. The summed E-state index contributed by atoms with van der Waals surface area (Å²) in [5.41, 5.74) is 7.84. The van der Waals surface area contributed by atoms with Gasteiger partial charge < -0.3 is 5.73 Å². The van der Waals surface area contributed by atoms with Crippen molar-refractivity contribution in [3.8, 4) is 11.4 Å². The minimum atomic E-state index is -0.343. The minimum absolute atomic E-state index is 0.0323. The lowest BCUT2D eigenvalue weighted by Crippen LogP contribution is -2.10. The maximum absolute atomic E-state index is 13.3. The van der Waals surface area contributed by atoms with Crippen molar-refractivity contribution >= 4 is 5.95 Å². The topological polar surface area (TPSA) is 89.6 Å². The van der Waals surface area contributed by atoms with E-state index >= 15 is 0 Å². The standard InChI is InChI=1S/C15H14FN5O/c1-21-8-10(5-9-3-2-4-11(16)6-9)14(20-21)12-7-13(22)19-15(17)18-12/h2-4,6-8H,5H2,1H3,(H3,17,18,19,22). The Hall–Kier alpha value is -2.96. The molecule has 0 amide bonds. The van der Waals surface area contributed by atoms with Gasteiger partial charge in [0.05, 0.1) is 0 Å². The highest BCUT2D eigenvalue weighted by Gasteiger charge is 2.13. The van der Waals surface area contributed by atoms with Gasteiger partial charge in [-0.3, -0.25) is 14.5 Å². The van der Waals surface area contributed by atoms with Gasteiger partial charge in [0, 0.05) is 31.3 Å². The van der Waals surface area contributed by atoms with Crippen molar-refractivity contribution in [2.24, 2.45) is 7.05 Å². The zero-order valence-corrected chi connectivity index (χ0v) is 11.9. The van der Waals surface area contributed by atoms with E-state index in [1.54, 1.807) is 17.8 Å². The van der Waals surface area contributed by atoms with Crippen molar-refractivity contribution in [1.82, 2.24) is 19.7 Å². The smallest absolute Gasteiger partial charge is 0.252 e. The normalized spacial score (nSPS) is 10.8. The molecule has 7 heteroatoms. The number of nitrogen functional groups attached to an aromatic ring is 1. The van der Waals surface area contributed by atoms with Gasteiger partial charge in [0.15, 0.2) is 0 Å². The monoisotopic (exact) mass is 299 g/mol. The van der Waals surface area contributed by atoms with Gasteiger partial charge in [0.25, 0.3) is 5.56 Å². The molecule has 0 aliphatic carbocycles. The Morgan fingerprint density at radius 3 is 2.91 bits per heavy atom. The van der Waals surface area contributed by atoms with E-state index in [1.165, 1.54) is 18.2 Å². The predicted molar refractivity (Wildman–Crippen MR) is 80.7 cm³/mol. The molecule has 0 fully saturated rings. The molecule has 2 heterocycles. The third-order valence-electron chi connectivity index (χ3n) is 3.19. The van der Waals surface area contributed by atoms with Crippen LogP contribution < -0.4 is 11.3 Å². The summed E-state index contributed by atoms with van der Waals surface area (Å²) in [6.45, 7) is 0. The zero-order chi connectivity index (χ0) is 15.7. The lowest BCUT2D eigenvalue weighted by atomic mass is 10.0. The van der Waals surface area contributed by atoms with Gasteiger partial charge in [0.1, 0.15) is 17.2 Å². The fourth-order valence-electron chi connectivity index (χ4n) is 2.35. The predicted octanol–water partition coefficient (Wildman–Crippen LogP) is 1.48. The molecule has 0 aliphatic heterocycles. The maximum atomic E-state index is 13.3. The molecule has 0 aliphatic rings. The first-order valence-corrected chi connectivity index (χ1v) is 6.65. The van der Waals surface area contributed by atoms with Crippen LogP contribution in [0.5, 0.6) is 0 Å². The van der Waals surface area contributed by atoms with E-state index in [2.05, 4.69) is 15.1 Å². The van der Waals surface area contributed by atoms with Crippen molar-refractivity contribution in [2.45, 2.75) is 6.42 Å². The average molecular weight is 299 g/mol. The summed E-state index contributed by atoms with van der Waals surface area (Å²) in [4.78, 5) is 18.0. The molecule has 0 atom stereocenters. The van der Waals surface area contributed by atoms with E-state index in [1.807, 2.05) is 12.3 Å². The van der Waals surface area contributed by atoms with Gasteiger partial charge in [0.2, 0.25) is 5.95 Å². The molecular weight excluding hydrogens is 285 g/mol. The number of hydrogen-bond donors (Lipinski definition) is 2. The maximum Gasteiger partial charge on any atom is 0.252 e. The number of nitrogens with zero attached hydrogens (tertiary/aromatic N) is 3. The fraction of sp³-hybridized carbons (Fsp3) is 0.133. The number of nitrogens with one attached hydrogen (secondary N) is 1. The van der Waals surface area contributed by atoms with Crippen LogP contribution in [0.15, 0.2) is 41.3 Å². The van der Waals surface area contributed by atoms with E-state index in [4.69, 9.17) is 5.73 Å². The molecule has 0 saturated carbocycles. The summed E-state index contributed by atoms with van der Waals surface area (Å²) < 4.78 is 14.9. The van der Waals surface area contributed by atoms with Gasteiger partial charge in [-0.2, -0.15) is 5.10 Å². The number of H-pyrrole nitrogens is 1. The lowest BCUT2D eigenvalue weighted by molar-refractivity contribution is 0.626. The van der Waals surface area contributed by atoms with Gasteiger partial charge >= 0.3 is 0 Å².